The van der Waals surface area contributed by atoms with Crippen molar-refractivity contribution in [2.24, 2.45) is 0 Å². The highest BCUT2D eigenvalue weighted by atomic mass is 19.4. The first-order chi connectivity index (χ1) is 17.6. The number of hydrogen-bond donors (Lipinski definition) is 1. The molecule has 1 aromatic carbocycles. The Balaban J connectivity index is 1.66. The lowest BCUT2D eigenvalue weighted by molar-refractivity contribution is -0.137. The molecule has 0 saturated carbocycles. The first-order valence-electron chi connectivity index (χ1n) is 12.1. The molecule has 198 valence electrons. The first-order valence-corrected chi connectivity index (χ1v) is 12.1. The van der Waals surface area contributed by atoms with Crippen molar-refractivity contribution in [3.05, 3.63) is 59.5 Å². The van der Waals surface area contributed by atoms with E-state index in [1.165, 1.54) is 18.3 Å². The predicted molar refractivity (Wildman–Crippen MR) is 135 cm³/mol. The Morgan fingerprint density at radius 1 is 1.03 bits per heavy atom. The lowest BCUT2D eigenvalue weighted by Crippen LogP contribution is -2.47. The number of piperazine rings is 1. The number of anilines is 3. The fourth-order valence-corrected chi connectivity index (χ4v) is 4.38. The van der Waals surface area contributed by atoms with E-state index in [1.807, 2.05) is 29.7 Å². The Kier molecular flexibility index (Phi) is 7.82. The second kappa shape index (κ2) is 10.9. The van der Waals surface area contributed by atoms with Crippen LogP contribution in [0, 0.1) is 12.7 Å². The topological polar surface area (TPSA) is 68.6 Å². The molecule has 1 N–H and O–H groups in total. The number of alkyl halides is 3. The summed E-state index contributed by atoms with van der Waals surface area (Å²) in [6, 6.07) is 8.92. The maximum absolute atomic E-state index is 13.9. The summed E-state index contributed by atoms with van der Waals surface area (Å²) in [6.07, 6.45) is -3.12. The van der Waals surface area contributed by atoms with Crippen LogP contribution in [-0.4, -0.2) is 65.4 Å². The van der Waals surface area contributed by atoms with Crippen LogP contribution in [0.4, 0.5) is 35.1 Å². The van der Waals surface area contributed by atoms with Gasteiger partial charge in [-0.1, -0.05) is 0 Å². The Morgan fingerprint density at radius 3 is 2.35 bits per heavy atom. The van der Waals surface area contributed by atoms with Gasteiger partial charge < -0.3 is 19.8 Å². The number of nitrogens with zero attached hydrogens (tertiary/aromatic N) is 6. The summed E-state index contributed by atoms with van der Waals surface area (Å²) >= 11 is 0. The highest BCUT2D eigenvalue weighted by Crippen LogP contribution is 2.36. The average Bonchev–Trinajstić information content (AvgIpc) is 2.88. The van der Waals surface area contributed by atoms with Crippen LogP contribution < -0.4 is 14.7 Å². The highest BCUT2D eigenvalue weighted by Gasteiger charge is 2.36. The Hall–Kier alpha value is -3.47. The number of halogens is 4. The van der Waals surface area contributed by atoms with Crippen LogP contribution in [0.25, 0.3) is 11.3 Å². The van der Waals surface area contributed by atoms with E-state index < -0.39 is 11.7 Å². The Labute approximate surface area is 213 Å². The number of aromatic nitrogens is 3. The van der Waals surface area contributed by atoms with Crippen molar-refractivity contribution in [2.75, 3.05) is 54.0 Å². The molecule has 0 radical (unpaired) electrons. The first kappa shape index (κ1) is 26.6. The summed E-state index contributed by atoms with van der Waals surface area (Å²) < 4.78 is 54.5. The quantitative estimate of drug-likeness (QED) is 0.461. The minimum absolute atomic E-state index is 0.00648. The third kappa shape index (κ3) is 5.93. The number of aliphatic hydroxyl groups excluding tert-OH is 1. The molecule has 4 rings (SSSR count). The molecule has 7 nitrogen and oxygen atoms in total. The van der Waals surface area contributed by atoms with Gasteiger partial charge in [-0.15, -0.1) is 0 Å². The van der Waals surface area contributed by atoms with Crippen LogP contribution in [0.1, 0.15) is 25.0 Å². The predicted octanol–water partition coefficient (Wildman–Crippen LogP) is 4.54. The molecule has 1 aliphatic heterocycles. The Morgan fingerprint density at radius 2 is 1.73 bits per heavy atom. The molecule has 3 heterocycles. The molecule has 37 heavy (non-hydrogen) atoms. The molecule has 1 fully saturated rings. The molecule has 0 amide bonds. The number of pyridine rings is 1. The number of benzene rings is 1. The van der Waals surface area contributed by atoms with Gasteiger partial charge in [-0.2, -0.15) is 18.2 Å². The van der Waals surface area contributed by atoms with E-state index in [9.17, 15) is 22.7 Å². The Bertz CT molecular complexity index is 1230. The number of aliphatic hydroxyl groups is 1. The summed E-state index contributed by atoms with van der Waals surface area (Å²) in [7, 11) is 0. The maximum Gasteiger partial charge on any atom is 0.419 e. The largest absolute Gasteiger partial charge is 0.419 e. The van der Waals surface area contributed by atoms with Crippen molar-refractivity contribution in [1.82, 2.24) is 15.0 Å². The zero-order valence-electron chi connectivity index (χ0n) is 21.0. The fraction of sp³-hybridized carbons (Fsp3) is 0.423. The number of aryl methyl sites for hydroxylation is 1. The van der Waals surface area contributed by atoms with Crippen LogP contribution >= 0.6 is 0 Å². The van der Waals surface area contributed by atoms with E-state index in [-0.39, 0.29) is 24.3 Å². The third-order valence-corrected chi connectivity index (χ3v) is 6.37. The van der Waals surface area contributed by atoms with Crippen LogP contribution in [0.2, 0.25) is 0 Å². The zero-order chi connectivity index (χ0) is 26.7. The van der Waals surface area contributed by atoms with Gasteiger partial charge in [0.15, 0.2) is 0 Å². The second-order valence-corrected chi connectivity index (χ2v) is 9.23. The monoisotopic (exact) mass is 518 g/mol. The molecule has 1 aliphatic rings. The molecule has 0 unspecified atom stereocenters. The molecule has 0 aliphatic carbocycles. The third-order valence-electron chi connectivity index (χ3n) is 6.37. The molecule has 3 aromatic rings. The molecule has 0 atom stereocenters. The lowest BCUT2D eigenvalue weighted by Gasteiger charge is -2.37. The summed E-state index contributed by atoms with van der Waals surface area (Å²) in [6.45, 7) is 7.37. The van der Waals surface area contributed by atoms with Crippen molar-refractivity contribution in [3.8, 4) is 11.3 Å². The average molecular weight is 519 g/mol. The molecule has 1 saturated heterocycles. The van der Waals surface area contributed by atoms with Crippen molar-refractivity contribution in [1.29, 1.82) is 0 Å². The van der Waals surface area contributed by atoms with Gasteiger partial charge in [0.1, 0.15) is 17.5 Å². The van der Waals surface area contributed by atoms with Crippen molar-refractivity contribution in [2.45, 2.75) is 33.0 Å². The van der Waals surface area contributed by atoms with Gasteiger partial charge in [-0.25, -0.2) is 14.4 Å². The zero-order valence-corrected chi connectivity index (χ0v) is 21.0. The minimum Gasteiger partial charge on any atom is -0.395 e. The van der Waals surface area contributed by atoms with Crippen molar-refractivity contribution >= 4 is 17.6 Å². The number of hydrogen-bond acceptors (Lipinski definition) is 7. The van der Waals surface area contributed by atoms with Crippen LogP contribution in [0.3, 0.4) is 0 Å². The molecule has 0 spiro atoms. The van der Waals surface area contributed by atoms with E-state index in [0.717, 1.165) is 11.6 Å². The minimum atomic E-state index is -4.49. The van der Waals surface area contributed by atoms with Crippen LogP contribution in [0.15, 0.2) is 42.6 Å². The van der Waals surface area contributed by atoms with Gasteiger partial charge in [-0.3, -0.25) is 0 Å². The summed E-state index contributed by atoms with van der Waals surface area (Å²) in [4.78, 5) is 19.0. The lowest BCUT2D eigenvalue weighted by atomic mass is 10.1. The van der Waals surface area contributed by atoms with E-state index in [0.29, 0.717) is 55.7 Å². The van der Waals surface area contributed by atoms with Gasteiger partial charge in [0.2, 0.25) is 5.95 Å². The van der Waals surface area contributed by atoms with Crippen molar-refractivity contribution < 1.29 is 22.7 Å². The van der Waals surface area contributed by atoms with Gasteiger partial charge in [-0.05, 0) is 56.7 Å². The molecule has 0 bridgehead atoms. The summed E-state index contributed by atoms with van der Waals surface area (Å²) in [5.74, 6) is 0.646. The molecule has 11 heteroatoms. The van der Waals surface area contributed by atoms with Crippen molar-refractivity contribution in [3.63, 3.8) is 0 Å². The van der Waals surface area contributed by atoms with E-state index in [2.05, 4.69) is 4.98 Å². The molecule has 2 aromatic heterocycles. The standard InChI is InChI=1S/C26H30F4N6O/c1-17(2)36(13-14-37)25-32-22(19-6-7-21(27)18(3)15-19)16-23(33-25)34-9-11-35(12-10-34)24-20(26(28,29)30)5-4-8-31-24/h4-8,15-17,37H,9-14H2,1-3H3. The normalized spacial score (nSPS) is 14.4. The van der Waals surface area contributed by atoms with E-state index in [4.69, 9.17) is 9.97 Å². The van der Waals surface area contributed by atoms with Crippen LogP contribution in [0.5, 0.6) is 0 Å². The summed E-state index contributed by atoms with van der Waals surface area (Å²) in [5, 5.41) is 9.59. The SMILES string of the molecule is Cc1cc(-c2cc(N3CCN(c4ncccc4C(F)(F)F)CC3)nc(N(CCO)C(C)C)n2)ccc1F. The highest BCUT2D eigenvalue weighted by molar-refractivity contribution is 5.66. The number of rotatable bonds is 7. The molecular weight excluding hydrogens is 488 g/mol. The van der Waals surface area contributed by atoms with Gasteiger partial charge in [0.25, 0.3) is 0 Å². The summed E-state index contributed by atoms with van der Waals surface area (Å²) in [5.41, 5.74) is 1.05. The van der Waals surface area contributed by atoms with Crippen LogP contribution in [-0.2, 0) is 6.18 Å². The molecular formula is C26H30F4N6O. The van der Waals surface area contributed by atoms with Gasteiger partial charge in [0, 0.05) is 56.6 Å². The second-order valence-electron chi connectivity index (χ2n) is 9.23. The smallest absolute Gasteiger partial charge is 0.395 e. The van der Waals surface area contributed by atoms with E-state index >= 15 is 0 Å². The fourth-order valence-electron chi connectivity index (χ4n) is 4.38. The van der Waals surface area contributed by atoms with E-state index in [1.54, 1.807) is 24.0 Å². The maximum atomic E-state index is 13.9. The van der Waals surface area contributed by atoms with Gasteiger partial charge in [0.05, 0.1) is 17.9 Å². The van der Waals surface area contributed by atoms with Gasteiger partial charge >= 0.3 is 6.18 Å².